The molecule has 0 fully saturated rings. The smallest absolute Gasteiger partial charge is 0.407 e. The van der Waals surface area contributed by atoms with Crippen molar-refractivity contribution in [2.45, 2.75) is 46.1 Å². The fraction of sp³-hybridized carbons (Fsp3) is 0.909. The van der Waals surface area contributed by atoms with Gasteiger partial charge in [0.25, 0.3) is 0 Å². The van der Waals surface area contributed by atoms with E-state index in [0.717, 1.165) is 19.4 Å². The summed E-state index contributed by atoms with van der Waals surface area (Å²) in [6, 6.07) is 0. The van der Waals surface area contributed by atoms with Gasteiger partial charge >= 0.3 is 6.09 Å². The Labute approximate surface area is 92.3 Å². The molecule has 0 atom stereocenters. The highest BCUT2D eigenvalue weighted by molar-refractivity contribution is 5.67. The Bertz CT molecular complexity index is 175. The Kier molecular flexibility index (Phi) is 7.13. The van der Waals surface area contributed by atoms with Crippen molar-refractivity contribution in [1.82, 2.24) is 5.32 Å². The highest BCUT2D eigenvalue weighted by Crippen LogP contribution is 2.06. The lowest BCUT2D eigenvalue weighted by Crippen LogP contribution is -2.33. The molecule has 0 unspecified atom stereocenters. The summed E-state index contributed by atoms with van der Waals surface area (Å²) in [6.45, 7) is 9.67. The molecule has 0 heterocycles. The van der Waals surface area contributed by atoms with E-state index < -0.39 is 5.60 Å². The molecule has 0 aromatic carbocycles. The monoisotopic (exact) mass is 217 g/mol. The van der Waals surface area contributed by atoms with E-state index in [0.29, 0.717) is 13.2 Å². The fourth-order valence-corrected chi connectivity index (χ4v) is 0.925. The lowest BCUT2D eigenvalue weighted by Gasteiger charge is -2.19. The van der Waals surface area contributed by atoms with E-state index in [1.165, 1.54) is 0 Å². The summed E-state index contributed by atoms with van der Waals surface area (Å²) >= 11 is 0. The quantitative estimate of drug-likeness (QED) is 0.695. The Morgan fingerprint density at radius 2 is 1.93 bits per heavy atom. The molecule has 0 bridgehead atoms. The maximum Gasteiger partial charge on any atom is 0.407 e. The molecule has 0 aromatic rings. The van der Waals surface area contributed by atoms with E-state index in [9.17, 15) is 4.79 Å². The molecule has 4 nitrogen and oxygen atoms in total. The molecule has 4 heteroatoms. The van der Waals surface area contributed by atoms with Crippen LogP contribution in [0.4, 0.5) is 4.79 Å². The molecular formula is C11H23NO3. The molecule has 15 heavy (non-hydrogen) atoms. The van der Waals surface area contributed by atoms with Crippen molar-refractivity contribution < 1.29 is 14.3 Å². The Morgan fingerprint density at radius 3 is 2.47 bits per heavy atom. The lowest BCUT2D eigenvalue weighted by atomic mass is 10.2. The summed E-state index contributed by atoms with van der Waals surface area (Å²) in [5, 5.41) is 2.67. The van der Waals surface area contributed by atoms with Crippen LogP contribution < -0.4 is 5.32 Å². The first kappa shape index (κ1) is 14.2. The zero-order valence-electron chi connectivity index (χ0n) is 10.3. The molecule has 0 spiro atoms. The Balaban J connectivity index is 3.32. The second-order valence-corrected chi connectivity index (χ2v) is 4.39. The van der Waals surface area contributed by atoms with E-state index in [1.54, 1.807) is 0 Å². The van der Waals surface area contributed by atoms with E-state index in [2.05, 4.69) is 12.2 Å². The number of rotatable bonds is 6. The molecule has 0 aliphatic rings. The molecule has 0 aliphatic heterocycles. The molecular weight excluding hydrogens is 194 g/mol. The summed E-state index contributed by atoms with van der Waals surface area (Å²) in [5.41, 5.74) is -0.428. The number of carbonyl (C=O) groups excluding carboxylic acids is 1. The molecule has 0 aliphatic carbocycles. The zero-order valence-corrected chi connectivity index (χ0v) is 10.3. The molecule has 0 saturated carbocycles. The van der Waals surface area contributed by atoms with Gasteiger partial charge in [-0.3, -0.25) is 0 Å². The van der Waals surface area contributed by atoms with E-state index >= 15 is 0 Å². The van der Waals surface area contributed by atoms with Crippen molar-refractivity contribution in [2.24, 2.45) is 0 Å². The van der Waals surface area contributed by atoms with Crippen molar-refractivity contribution in [3.63, 3.8) is 0 Å². The third kappa shape index (κ3) is 11.2. The van der Waals surface area contributed by atoms with Crippen LogP contribution >= 0.6 is 0 Å². The highest BCUT2D eigenvalue weighted by Gasteiger charge is 2.15. The van der Waals surface area contributed by atoms with E-state index in [-0.39, 0.29) is 6.09 Å². The second-order valence-electron chi connectivity index (χ2n) is 4.39. The summed E-state index contributed by atoms with van der Waals surface area (Å²) in [5.74, 6) is 0. The van der Waals surface area contributed by atoms with Gasteiger partial charge in [-0.2, -0.15) is 0 Å². The summed E-state index contributed by atoms with van der Waals surface area (Å²) in [6.07, 6.45) is 1.48. The average molecular weight is 217 g/mol. The van der Waals surface area contributed by atoms with Gasteiger partial charge in [0, 0.05) is 19.8 Å². The predicted molar refractivity (Wildman–Crippen MR) is 60.0 cm³/mol. The highest BCUT2D eigenvalue weighted by atomic mass is 16.6. The predicted octanol–water partition coefficient (Wildman–Crippen LogP) is 2.33. The minimum absolute atomic E-state index is 0.363. The topological polar surface area (TPSA) is 47.6 Å². The molecule has 0 radical (unpaired) electrons. The third-order valence-corrected chi connectivity index (χ3v) is 1.48. The van der Waals surface area contributed by atoms with Crippen LogP contribution in [0.25, 0.3) is 0 Å². The Morgan fingerprint density at radius 1 is 1.27 bits per heavy atom. The van der Waals surface area contributed by atoms with Gasteiger partial charge in [0.05, 0.1) is 0 Å². The molecule has 0 rings (SSSR count). The van der Waals surface area contributed by atoms with Crippen LogP contribution in [-0.2, 0) is 9.47 Å². The van der Waals surface area contributed by atoms with Gasteiger partial charge in [-0.1, -0.05) is 6.92 Å². The first-order valence-corrected chi connectivity index (χ1v) is 5.50. The molecule has 0 saturated heterocycles. The molecule has 90 valence electrons. The normalized spacial score (nSPS) is 11.2. The maximum atomic E-state index is 11.2. The second kappa shape index (κ2) is 7.51. The van der Waals surface area contributed by atoms with Gasteiger partial charge in [0.1, 0.15) is 5.60 Å². The summed E-state index contributed by atoms with van der Waals surface area (Å²) in [7, 11) is 0. The minimum Gasteiger partial charge on any atom is -0.444 e. The van der Waals surface area contributed by atoms with Crippen LogP contribution in [0.3, 0.4) is 0 Å². The number of ether oxygens (including phenoxy) is 2. The number of nitrogens with one attached hydrogen (secondary N) is 1. The largest absolute Gasteiger partial charge is 0.444 e. The molecule has 1 amide bonds. The first-order chi connectivity index (χ1) is 6.95. The number of hydrogen-bond acceptors (Lipinski definition) is 3. The van der Waals surface area contributed by atoms with Crippen molar-refractivity contribution in [1.29, 1.82) is 0 Å². The Hall–Kier alpha value is -0.770. The standard InChI is InChI=1S/C11H23NO3/c1-5-8-14-9-6-7-12-10(13)15-11(2,3)4/h5-9H2,1-4H3,(H,12,13). The number of amides is 1. The molecule has 1 N–H and O–H groups in total. The van der Waals surface area contributed by atoms with Gasteiger partial charge in [-0.15, -0.1) is 0 Å². The SMILES string of the molecule is CCCOCCCNC(=O)OC(C)(C)C. The van der Waals surface area contributed by atoms with Gasteiger partial charge in [-0.25, -0.2) is 4.79 Å². The van der Waals surface area contributed by atoms with Crippen molar-refractivity contribution >= 4 is 6.09 Å². The van der Waals surface area contributed by atoms with E-state index in [1.807, 2.05) is 20.8 Å². The fourth-order valence-electron chi connectivity index (χ4n) is 0.925. The van der Waals surface area contributed by atoms with Crippen LogP contribution in [0.2, 0.25) is 0 Å². The minimum atomic E-state index is -0.428. The molecule has 0 aromatic heterocycles. The van der Waals surface area contributed by atoms with Crippen molar-refractivity contribution in [2.75, 3.05) is 19.8 Å². The number of hydrogen-bond donors (Lipinski definition) is 1. The number of carbonyl (C=O) groups is 1. The first-order valence-electron chi connectivity index (χ1n) is 5.50. The van der Waals surface area contributed by atoms with Crippen molar-refractivity contribution in [3.8, 4) is 0 Å². The van der Waals surface area contributed by atoms with Crippen LogP contribution in [0.15, 0.2) is 0 Å². The summed E-state index contributed by atoms with van der Waals surface area (Å²) < 4.78 is 10.3. The van der Waals surface area contributed by atoms with Crippen molar-refractivity contribution in [3.05, 3.63) is 0 Å². The zero-order chi connectivity index (χ0) is 11.7. The average Bonchev–Trinajstić information content (AvgIpc) is 2.08. The maximum absolute atomic E-state index is 11.2. The van der Waals surface area contributed by atoms with Crippen LogP contribution in [0.1, 0.15) is 40.5 Å². The van der Waals surface area contributed by atoms with Gasteiger partial charge < -0.3 is 14.8 Å². The van der Waals surface area contributed by atoms with Gasteiger partial charge in [-0.05, 0) is 33.6 Å². The van der Waals surface area contributed by atoms with Crippen LogP contribution in [0, 0.1) is 0 Å². The summed E-state index contributed by atoms with van der Waals surface area (Å²) in [4.78, 5) is 11.2. The van der Waals surface area contributed by atoms with Crippen LogP contribution in [-0.4, -0.2) is 31.5 Å². The lowest BCUT2D eigenvalue weighted by molar-refractivity contribution is 0.0520. The van der Waals surface area contributed by atoms with E-state index in [4.69, 9.17) is 9.47 Å². The van der Waals surface area contributed by atoms with Gasteiger partial charge in [0.15, 0.2) is 0 Å². The van der Waals surface area contributed by atoms with Gasteiger partial charge in [0.2, 0.25) is 0 Å². The van der Waals surface area contributed by atoms with Crippen LogP contribution in [0.5, 0.6) is 0 Å². The number of alkyl carbamates (subject to hydrolysis) is 1. The third-order valence-electron chi connectivity index (χ3n) is 1.48.